The van der Waals surface area contributed by atoms with Crippen LogP contribution in [0.1, 0.15) is 18.9 Å². The normalized spacial score (nSPS) is 22.3. The lowest BCUT2D eigenvalue weighted by molar-refractivity contribution is -0.150. The number of carbonyl (C=O) groups excluding carboxylic acids is 2. The van der Waals surface area contributed by atoms with Crippen molar-refractivity contribution in [3.05, 3.63) is 46.9 Å². The highest BCUT2D eigenvalue weighted by atomic mass is 32.2. The van der Waals surface area contributed by atoms with Gasteiger partial charge in [0.15, 0.2) is 0 Å². The maximum atomic E-state index is 12.9. The lowest BCUT2D eigenvalue weighted by atomic mass is 10.0. The second-order valence-electron chi connectivity index (χ2n) is 6.02. The van der Waals surface area contributed by atoms with Gasteiger partial charge < -0.3 is 10.4 Å². The van der Waals surface area contributed by atoms with Crippen LogP contribution in [0.2, 0.25) is 0 Å². The van der Waals surface area contributed by atoms with Crippen molar-refractivity contribution < 1.29 is 23.9 Å². The van der Waals surface area contributed by atoms with Gasteiger partial charge in [-0.1, -0.05) is 12.1 Å². The molecule has 132 valence electrons. The number of halogens is 1. The third-order valence-electron chi connectivity index (χ3n) is 4.23. The molecule has 0 bridgehead atoms. The third-order valence-corrected chi connectivity index (χ3v) is 5.66. The number of fused-ring (bicyclic) bond motifs is 1. The number of β-lactam (4-membered cyclic amide) rings is 1. The van der Waals surface area contributed by atoms with Gasteiger partial charge in [0, 0.05) is 12.2 Å². The number of rotatable bonds is 5. The fourth-order valence-electron chi connectivity index (χ4n) is 2.93. The lowest BCUT2D eigenvalue weighted by Crippen LogP contribution is -2.70. The smallest absolute Gasteiger partial charge is 0.352 e. The zero-order chi connectivity index (χ0) is 18.1. The molecule has 2 aliphatic heterocycles. The van der Waals surface area contributed by atoms with E-state index >= 15 is 0 Å². The molecule has 1 aromatic carbocycles. The summed E-state index contributed by atoms with van der Waals surface area (Å²) in [5.41, 5.74) is 1.49. The lowest BCUT2D eigenvalue weighted by Gasteiger charge is -2.49. The van der Waals surface area contributed by atoms with Gasteiger partial charge in [0.05, 0.1) is 0 Å². The first-order valence-electron chi connectivity index (χ1n) is 7.80. The zero-order valence-electron chi connectivity index (χ0n) is 13.5. The van der Waals surface area contributed by atoms with Crippen molar-refractivity contribution in [1.82, 2.24) is 10.2 Å². The van der Waals surface area contributed by atoms with Crippen molar-refractivity contribution in [3.8, 4) is 0 Å². The Labute approximate surface area is 148 Å². The van der Waals surface area contributed by atoms with E-state index in [0.29, 0.717) is 17.7 Å². The van der Waals surface area contributed by atoms with E-state index in [2.05, 4.69) is 5.32 Å². The van der Waals surface area contributed by atoms with Crippen LogP contribution in [-0.4, -0.2) is 45.0 Å². The Morgan fingerprint density at radius 1 is 1.36 bits per heavy atom. The molecule has 2 heterocycles. The molecule has 0 radical (unpaired) electrons. The molecule has 0 saturated carbocycles. The van der Waals surface area contributed by atoms with Crippen molar-refractivity contribution >= 4 is 29.5 Å². The van der Waals surface area contributed by atoms with Gasteiger partial charge in [-0.3, -0.25) is 14.5 Å². The van der Waals surface area contributed by atoms with E-state index in [4.69, 9.17) is 0 Å². The average molecular weight is 364 g/mol. The van der Waals surface area contributed by atoms with Crippen molar-refractivity contribution in [1.29, 1.82) is 0 Å². The summed E-state index contributed by atoms with van der Waals surface area (Å²) in [5.74, 6) is -1.63. The highest BCUT2D eigenvalue weighted by molar-refractivity contribution is 8.00. The van der Waals surface area contributed by atoms with Gasteiger partial charge in [-0.05, 0) is 36.6 Å². The largest absolute Gasteiger partial charge is 0.477 e. The molecule has 6 nitrogen and oxygen atoms in total. The SMILES string of the molecule is CC1=C(C(=O)O)N2C(=O)[C@@H](NC(=O)CCc3ccc(F)cc3)[C@H]2SC1. The van der Waals surface area contributed by atoms with Crippen LogP contribution in [0, 0.1) is 5.82 Å². The van der Waals surface area contributed by atoms with Crippen molar-refractivity contribution in [3.63, 3.8) is 0 Å². The summed E-state index contributed by atoms with van der Waals surface area (Å²) in [4.78, 5) is 36.9. The van der Waals surface area contributed by atoms with E-state index < -0.39 is 17.9 Å². The van der Waals surface area contributed by atoms with Gasteiger partial charge in [0.1, 0.15) is 22.9 Å². The van der Waals surface area contributed by atoms with Crippen molar-refractivity contribution in [2.45, 2.75) is 31.2 Å². The number of nitrogens with zero attached hydrogens (tertiary/aromatic N) is 1. The number of carboxylic acids is 1. The molecule has 0 aliphatic carbocycles. The zero-order valence-corrected chi connectivity index (χ0v) is 14.3. The molecule has 2 N–H and O–H groups in total. The minimum Gasteiger partial charge on any atom is -0.477 e. The number of carboxylic acid groups (broad SMARTS) is 1. The monoisotopic (exact) mass is 364 g/mol. The van der Waals surface area contributed by atoms with Gasteiger partial charge >= 0.3 is 5.97 Å². The molecule has 0 unspecified atom stereocenters. The topological polar surface area (TPSA) is 86.7 Å². The van der Waals surface area contributed by atoms with Crippen molar-refractivity contribution in [2.75, 3.05) is 5.75 Å². The molecule has 3 rings (SSSR count). The van der Waals surface area contributed by atoms with E-state index in [-0.39, 0.29) is 29.2 Å². The van der Waals surface area contributed by atoms with Crippen LogP contribution in [-0.2, 0) is 20.8 Å². The van der Waals surface area contributed by atoms with Crippen molar-refractivity contribution in [2.24, 2.45) is 0 Å². The molecule has 1 saturated heterocycles. The number of aryl methyl sites for hydroxylation is 1. The predicted molar refractivity (Wildman–Crippen MR) is 90.1 cm³/mol. The molecule has 8 heteroatoms. The molecule has 0 spiro atoms. The van der Waals surface area contributed by atoms with E-state index in [1.165, 1.54) is 28.8 Å². The average Bonchev–Trinajstić information content (AvgIpc) is 2.58. The third kappa shape index (κ3) is 3.39. The fraction of sp³-hybridized carbons (Fsp3) is 0.353. The van der Waals surface area contributed by atoms with Crippen LogP contribution in [0.5, 0.6) is 0 Å². The Morgan fingerprint density at radius 2 is 2.04 bits per heavy atom. The standard InChI is InChI=1S/C17H17FN2O4S/c1-9-8-25-16-13(15(22)20(16)14(9)17(23)24)19-12(21)7-4-10-2-5-11(18)6-3-10/h2-3,5-6,13,16H,4,7-8H2,1H3,(H,19,21)(H,23,24)/t13-,16-/m1/s1. The van der Waals surface area contributed by atoms with Crippen LogP contribution < -0.4 is 5.32 Å². The summed E-state index contributed by atoms with van der Waals surface area (Å²) < 4.78 is 12.9. The van der Waals surface area contributed by atoms with Crippen LogP contribution >= 0.6 is 11.8 Å². The Morgan fingerprint density at radius 3 is 2.68 bits per heavy atom. The van der Waals surface area contributed by atoms with Gasteiger partial charge in [-0.2, -0.15) is 0 Å². The highest BCUT2D eigenvalue weighted by Crippen LogP contribution is 2.40. The molecule has 0 aromatic heterocycles. The van der Waals surface area contributed by atoms with Gasteiger partial charge in [0.25, 0.3) is 5.91 Å². The number of aliphatic carboxylic acids is 1. The number of amides is 2. The fourth-order valence-corrected chi connectivity index (χ4v) is 4.22. The molecular weight excluding hydrogens is 347 g/mol. The molecule has 2 atom stereocenters. The summed E-state index contributed by atoms with van der Waals surface area (Å²) in [7, 11) is 0. The molecule has 2 amide bonds. The number of thioether (sulfide) groups is 1. The van der Waals surface area contributed by atoms with E-state index in [9.17, 15) is 23.9 Å². The van der Waals surface area contributed by atoms with E-state index in [1.54, 1.807) is 19.1 Å². The number of nitrogens with one attached hydrogen (secondary N) is 1. The molecule has 25 heavy (non-hydrogen) atoms. The number of carbonyl (C=O) groups is 3. The minimum atomic E-state index is -1.13. The summed E-state index contributed by atoms with van der Waals surface area (Å²) >= 11 is 1.44. The molecular formula is C17H17FN2O4S. The summed E-state index contributed by atoms with van der Waals surface area (Å²) in [6, 6.07) is 5.20. The Hall–Kier alpha value is -2.35. The van der Waals surface area contributed by atoms with Crippen LogP contribution in [0.25, 0.3) is 0 Å². The quantitative estimate of drug-likeness (QED) is 0.774. The second kappa shape index (κ2) is 6.87. The number of hydrogen-bond donors (Lipinski definition) is 2. The first-order valence-corrected chi connectivity index (χ1v) is 8.85. The predicted octanol–water partition coefficient (Wildman–Crippen LogP) is 1.52. The first-order chi connectivity index (χ1) is 11.9. The van der Waals surface area contributed by atoms with Crippen LogP contribution in [0.15, 0.2) is 35.5 Å². The Bertz CT molecular complexity index is 762. The Balaban J connectivity index is 1.58. The summed E-state index contributed by atoms with van der Waals surface area (Å²) in [6.45, 7) is 1.69. The van der Waals surface area contributed by atoms with E-state index in [1.807, 2.05) is 0 Å². The minimum absolute atomic E-state index is 0.0190. The summed E-state index contributed by atoms with van der Waals surface area (Å²) in [5, 5.41) is 11.6. The first kappa shape index (κ1) is 17.5. The van der Waals surface area contributed by atoms with Gasteiger partial charge in [-0.25, -0.2) is 9.18 Å². The van der Waals surface area contributed by atoms with E-state index in [0.717, 1.165) is 5.56 Å². The van der Waals surface area contributed by atoms with Crippen LogP contribution in [0.4, 0.5) is 4.39 Å². The molecule has 2 aliphatic rings. The summed E-state index contributed by atoms with van der Waals surface area (Å²) in [6.07, 6.45) is 0.612. The number of benzene rings is 1. The highest BCUT2D eigenvalue weighted by Gasteiger charge is 2.53. The maximum Gasteiger partial charge on any atom is 0.352 e. The molecule has 1 fully saturated rings. The molecule has 1 aromatic rings. The number of hydrogen-bond acceptors (Lipinski definition) is 4. The van der Waals surface area contributed by atoms with Crippen LogP contribution in [0.3, 0.4) is 0 Å². The maximum absolute atomic E-state index is 12.9. The van der Waals surface area contributed by atoms with Gasteiger partial charge in [-0.15, -0.1) is 11.8 Å². The Kier molecular flexibility index (Phi) is 4.80. The van der Waals surface area contributed by atoms with Gasteiger partial charge in [0.2, 0.25) is 5.91 Å². The second-order valence-corrected chi connectivity index (χ2v) is 7.12.